The van der Waals surface area contributed by atoms with E-state index in [0.717, 1.165) is 51.2 Å². The van der Waals surface area contributed by atoms with Crippen LogP contribution in [0.3, 0.4) is 0 Å². The minimum Gasteiger partial charge on any atom is -0.127 e. The first-order valence-corrected chi connectivity index (χ1v) is 17.2. The van der Waals surface area contributed by atoms with Crippen LogP contribution in [0.2, 0.25) is 24.2 Å². The molecule has 1 aromatic rings. The van der Waals surface area contributed by atoms with E-state index in [2.05, 4.69) is 107 Å². The van der Waals surface area contributed by atoms with Crippen LogP contribution >= 0.6 is 23.5 Å². The molecular formula is C28H36S2Si. The molecule has 0 radical (unpaired) electrons. The van der Waals surface area contributed by atoms with Gasteiger partial charge in [0.25, 0.3) is 0 Å². The molecule has 0 spiro atoms. The van der Waals surface area contributed by atoms with Crippen molar-refractivity contribution in [1.29, 1.82) is 0 Å². The number of fused-ring (bicyclic) bond motifs is 6. The van der Waals surface area contributed by atoms with E-state index in [9.17, 15) is 0 Å². The summed E-state index contributed by atoms with van der Waals surface area (Å²) in [6.45, 7) is 15.2. The summed E-state index contributed by atoms with van der Waals surface area (Å²) in [5, 5.41) is 1.67. The summed E-state index contributed by atoms with van der Waals surface area (Å²) < 4.78 is 0. The van der Waals surface area contributed by atoms with Crippen LogP contribution in [0.25, 0.3) is 6.08 Å². The Hall–Kier alpha value is -0.643. The highest BCUT2D eigenvalue weighted by Crippen LogP contribution is 2.68. The number of rotatable bonds is 2. The summed E-state index contributed by atoms with van der Waals surface area (Å²) in [7, 11) is -1.53. The molecule has 0 bridgehead atoms. The predicted octanol–water partition coefficient (Wildman–Crippen LogP) is 8.49. The molecule has 6 unspecified atom stereocenters. The largest absolute Gasteiger partial charge is 0.127 e. The minimum atomic E-state index is -1.53. The summed E-state index contributed by atoms with van der Waals surface area (Å²) in [4.78, 5) is 3.18. The van der Waals surface area contributed by atoms with Crippen LogP contribution in [0, 0.1) is 30.6 Å². The molecule has 0 amide bonds. The SMILES string of the molecule is CC1=CC2C3C=C(C)S[C@@H]3C([Si](C)(C)[C@H]3C(C)CC4c5cc(C)ccc5C=CC43)[C@@H]2S1. The highest BCUT2D eigenvalue weighted by molar-refractivity contribution is 8.05. The number of allylic oxidation sites excluding steroid dienone is 5. The lowest BCUT2D eigenvalue weighted by atomic mass is 9.81. The van der Waals surface area contributed by atoms with Crippen LogP contribution in [0.5, 0.6) is 0 Å². The van der Waals surface area contributed by atoms with Crippen LogP contribution < -0.4 is 0 Å². The van der Waals surface area contributed by atoms with E-state index in [0.29, 0.717) is 0 Å². The molecule has 2 saturated carbocycles. The van der Waals surface area contributed by atoms with Gasteiger partial charge < -0.3 is 0 Å². The number of aryl methyl sites for hydroxylation is 1. The third-order valence-electron chi connectivity index (χ3n) is 9.39. The average molecular weight is 465 g/mol. The lowest BCUT2D eigenvalue weighted by molar-refractivity contribution is 0.546. The Bertz CT molecular complexity index is 986. The fourth-order valence-electron chi connectivity index (χ4n) is 8.47. The fraction of sp³-hybridized carbons (Fsp3) is 0.571. The molecule has 6 rings (SSSR count). The molecule has 1 aromatic carbocycles. The van der Waals surface area contributed by atoms with Crippen LogP contribution in [0.15, 0.2) is 46.2 Å². The van der Waals surface area contributed by atoms with E-state index in [1.54, 1.807) is 15.4 Å². The van der Waals surface area contributed by atoms with Crippen LogP contribution in [-0.2, 0) is 0 Å². The zero-order valence-corrected chi connectivity index (χ0v) is 22.4. The normalized spacial score (nSPS) is 42.7. The van der Waals surface area contributed by atoms with Gasteiger partial charge in [0.1, 0.15) is 0 Å². The van der Waals surface area contributed by atoms with Gasteiger partial charge in [0.15, 0.2) is 0 Å². The van der Waals surface area contributed by atoms with Gasteiger partial charge in [0.05, 0.1) is 8.07 Å². The van der Waals surface area contributed by atoms with Crippen molar-refractivity contribution in [3.63, 3.8) is 0 Å². The summed E-state index contributed by atoms with van der Waals surface area (Å²) >= 11 is 4.49. The molecule has 31 heavy (non-hydrogen) atoms. The van der Waals surface area contributed by atoms with Gasteiger partial charge in [-0.25, -0.2) is 0 Å². The van der Waals surface area contributed by atoms with Crippen molar-refractivity contribution in [2.75, 3.05) is 0 Å². The molecule has 0 saturated heterocycles. The number of benzene rings is 1. The van der Waals surface area contributed by atoms with Gasteiger partial charge in [-0.15, -0.1) is 23.5 Å². The molecule has 3 aliphatic carbocycles. The molecule has 2 aliphatic heterocycles. The van der Waals surface area contributed by atoms with Crippen LogP contribution in [-0.4, -0.2) is 18.6 Å². The fourth-order valence-corrected chi connectivity index (χ4v) is 19.4. The Balaban J connectivity index is 1.38. The van der Waals surface area contributed by atoms with E-state index in [1.165, 1.54) is 17.5 Å². The van der Waals surface area contributed by atoms with Gasteiger partial charge in [0, 0.05) is 10.5 Å². The van der Waals surface area contributed by atoms with E-state index in [-0.39, 0.29) is 0 Å². The molecule has 0 nitrogen and oxygen atoms in total. The Morgan fingerprint density at radius 3 is 2.16 bits per heavy atom. The second kappa shape index (κ2) is 7.18. The Kier molecular flexibility index (Phi) is 4.84. The molecule has 2 heterocycles. The zero-order valence-electron chi connectivity index (χ0n) is 19.8. The number of thioether (sulfide) groups is 2. The first-order chi connectivity index (χ1) is 14.8. The summed E-state index contributed by atoms with van der Waals surface area (Å²) in [6.07, 6.45) is 11.8. The second-order valence-corrected chi connectivity index (χ2v) is 19.5. The van der Waals surface area contributed by atoms with E-state index in [1.807, 2.05) is 0 Å². The molecule has 5 aliphatic rings. The topological polar surface area (TPSA) is 0 Å². The van der Waals surface area contributed by atoms with E-state index in [4.69, 9.17) is 0 Å². The van der Waals surface area contributed by atoms with Crippen molar-refractivity contribution in [2.45, 2.75) is 74.7 Å². The van der Waals surface area contributed by atoms with E-state index < -0.39 is 8.07 Å². The molecule has 3 heteroatoms. The van der Waals surface area contributed by atoms with Gasteiger partial charge >= 0.3 is 0 Å². The van der Waals surface area contributed by atoms with Crippen molar-refractivity contribution in [2.24, 2.45) is 23.7 Å². The second-order valence-electron chi connectivity index (χ2n) is 11.6. The molecule has 2 fully saturated rings. The predicted molar refractivity (Wildman–Crippen MR) is 142 cm³/mol. The number of hydrogen-bond donors (Lipinski definition) is 0. The number of hydrogen-bond acceptors (Lipinski definition) is 2. The van der Waals surface area contributed by atoms with Crippen molar-refractivity contribution in [3.8, 4) is 0 Å². The molecule has 0 aromatic heterocycles. The Labute approximate surface area is 198 Å². The first-order valence-electron chi connectivity index (χ1n) is 12.2. The summed E-state index contributed by atoms with van der Waals surface area (Å²) in [5.74, 6) is 3.91. The van der Waals surface area contributed by atoms with Gasteiger partial charge in [-0.05, 0) is 88.8 Å². The zero-order chi connectivity index (χ0) is 21.7. The maximum atomic E-state index is 2.79. The van der Waals surface area contributed by atoms with Gasteiger partial charge in [0.2, 0.25) is 0 Å². The van der Waals surface area contributed by atoms with Gasteiger partial charge in [-0.2, -0.15) is 0 Å². The highest BCUT2D eigenvalue weighted by Gasteiger charge is 2.62. The smallest absolute Gasteiger partial charge is 0.0569 e. The summed E-state index contributed by atoms with van der Waals surface area (Å²) in [5.41, 5.74) is 6.37. The minimum absolute atomic E-state index is 0.742. The van der Waals surface area contributed by atoms with Crippen molar-refractivity contribution in [1.82, 2.24) is 0 Å². The maximum Gasteiger partial charge on any atom is 0.0569 e. The lowest BCUT2D eigenvalue weighted by Crippen LogP contribution is -2.47. The third-order valence-corrected chi connectivity index (χ3v) is 17.8. The quantitative estimate of drug-likeness (QED) is 0.402. The monoisotopic (exact) mass is 464 g/mol. The average Bonchev–Trinajstić information content (AvgIpc) is 3.40. The van der Waals surface area contributed by atoms with Crippen molar-refractivity contribution < 1.29 is 0 Å². The summed E-state index contributed by atoms with van der Waals surface area (Å²) in [6, 6.07) is 7.15. The highest BCUT2D eigenvalue weighted by atomic mass is 32.2. The van der Waals surface area contributed by atoms with Crippen molar-refractivity contribution >= 4 is 37.7 Å². The Morgan fingerprint density at radius 2 is 1.52 bits per heavy atom. The van der Waals surface area contributed by atoms with Gasteiger partial charge in [-0.1, -0.05) is 68.1 Å². The van der Waals surface area contributed by atoms with Gasteiger partial charge in [-0.3, -0.25) is 0 Å². The third kappa shape index (κ3) is 3.02. The molecule has 164 valence electrons. The Morgan fingerprint density at radius 1 is 0.871 bits per heavy atom. The maximum absolute atomic E-state index is 2.79. The first kappa shape index (κ1) is 20.9. The lowest BCUT2D eigenvalue weighted by Gasteiger charge is -2.45. The standard InChI is InChI=1S/C28H36S2Si/c1-15-7-8-19-9-10-20-22(21(19)11-15)12-16(2)27(20)31(5,6)28-25-23(13-17(3)29-25)24-14-18(4)30-26(24)28/h7-11,13-14,16,20,22-28H,12H2,1-6H3/t16?,20?,22?,23?,24?,25-,26+,27-,28?/m0/s1. The molecule has 9 atom stereocenters. The molecule has 0 N–H and O–H groups in total. The van der Waals surface area contributed by atoms with Crippen molar-refractivity contribution in [3.05, 3.63) is 62.9 Å². The van der Waals surface area contributed by atoms with Crippen LogP contribution in [0.1, 0.15) is 49.8 Å². The van der Waals surface area contributed by atoms with E-state index >= 15 is 0 Å². The van der Waals surface area contributed by atoms with Crippen LogP contribution in [0.4, 0.5) is 0 Å². The molecular weight excluding hydrogens is 429 g/mol.